The number of nitrogens with zero attached hydrogens (tertiary/aromatic N) is 3. The summed E-state index contributed by atoms with van der Waals surface area (Å²) in [4.78, 5) is 22.3. The number of ether oxygens (including phenoxy) is 4. The van der Waals surface area contributed by atoms with E-state index in [4.69, 9.17) is 18.9 Å². The molecule has 136 valence electrons. The Morgan fingerprint density at radius 3 is 2.88 bits per heavy atom. The summed E-state index contributed by atoms with van der Waals surface area (Å²) in [6.07, 6.45) is 3.61. The number of amides is 2. The average Bonchev–Trinajstić information content (AvgIpc) is 3.31. The molecule has 1 N–H and O–H groups in total. The molecule has 9 heteroatoms. The minimum atomic E-state index is -0.193. The molecule has 0 aliphatic carbocycles. The van der Waals surface area contributed by atoms with Crippen LogP contribution in [0.4, 0.5) is 10.5 Å². The number of aromatic nitrogens is 2. The number of likely N-dealkylation sites (tertiary alicyclic amines) is 1. The Morgan fingerprint density at radius 2 is 2.04 bits per heavy atom. The molecule has 2 aliphatic heterocycles. The standard InChI is InChI=1S/C17H18N4O5/c1-23-15-16(19-6-5-18-15)26-12-4-7-21(9-12)17(22)20-11-2-3-13-14(8-11)25-10-24-13/h2-3,5-6,8,12H,4,7,9-10H2,1H3,(H,20,22). The number of benzene rings is 1. The minimum Gasteiger partial charge on any atom is -0.477 e. The van der Waals surface area contributed by atoms with E-state index in [2.05, 4.69) is 15.3 Å². The topological polar surface area (TPSA) is 95.0 Å². The molecule has 0 radical (unpaired) electrons. The molecule has 1 saturated heterocycles. The summed E-state index contributed by atoms with van der Waals surface area (Å²) < 4.78 is 21.5. The van der Waals surface area contributed by atoms with Crippen molar-refractivity contribution in [2.24, 2.45) is 0 Å². The lowest BCUT2D eigenvalue weighted by molar-refractivity contribution is 0.174. The van der Waals surface area contributed by atoms with Crippen LogP contribution in [0.2, 0.25) is 0 Å². The van der Waals surface area contributed by atoms with Crippen LogP contribution in [0.15, 0.2) is 30.6 Å². The van der Waals surface area contributed by atoms with E-state index in [-0.39, 0.29) is 18.9 Å². The van der Waals surface area contributed by atoms with Crippen LogP contribution in [-0.4, -0.2) is 54.0 Å². The van der Waals surface area contributed by atoms with E-state index in [1.165, 1.54) is 19.5 Å². The summed E-state index contributed by atoms with van der Waals surface area (Å²) in [5.41, 5.74) is 0.652. The van der Waals surface area contributed by atoms with Crippen LogP contribution < -0.4 is 24.3 Å². The molecule has 1 atom stereocenters. The van der Waals surface area contributed by atoms with Gasteiger partial charge >= 0.3 is 6.03 Å². The molecule has 9 nitrogen and oxygen atoms in total. The fourth-order valence-corrected chi connectivity index (χ4v) is 2.88. The monoisotopic (exact) mass is 358 g/mol. The number of hydrogen-bond donors (Lipinski definition) is 1. The normalized spacial score (nSPS) is 17.9. The molecule has 26 heavy (non-hydrogen) atoms. The highest BCUT2D eigenvalue weighted by molar-refractivity contribution is 5.90. The van der Waals surface area contributed by atoms with E-state index in [0.717, 1.165) is 0 Å². The van der Waals surface area contributed by atoms with Gasteiger partial charge in [-0.1, -0.05) is 0 Å². The molecule has 2 aromatic rings. The maximum Gasteiger partial charge on any atom is 0.321 e. The number of anilines is 1. The van der Waals surface area contributed by atoms with Crippen LogP contribution >= 0.6 is 0 Å². The van der Waals surface area contributed by atoms with Crippen molar-refractivity contribution in [2.75, 3.05) is 32.3 Å². The predicted octanol–water partition coefficient (Wildman–Crippen LogP) is 1.90. The van der Waals surface area contributed by atoms with Crippen molar-refractivity contribution in [3.63, 3.8) is 0 Å². The first-order valence-corrected chi connectivity index (χ1v) is 8.20. The SMILES string of the molecule is COc1nccnc1OC1CCN(C(=O)Nc2ccc3c(c2)OCO3)C1. The number of carbonyl (C=O) groups excluding carboxylic acids is 1. The number of nitrogens with one attached hydrogen (secondary N) is 1. The molecule has 4 rings (SSSR count). The minimum absolute atomic E-state index is 0.164. The van der Waals surface area contributed by atoms with Gasteiger partial charge in [0.2, 0.25) is 6.79 Å². The van der Waals surface area contributed by atoms with Crippen LogP contribution in [-0.2, 0) is 0 Å². The number of rotatable bonds is 4. The first-order chi connectivity index (χ1) is 12.7. The average molecular weight is 358 g/mol. The molecule has 1 aromatic heterocycles. The van der Waals surface area contributed by atoms with E-state index in [9.17, 15) is 4.79 Å². The summed E-state index contributed by atoms with van der Waals surface area (Å²) in [6.45, 7) is 1.24. The van der Waals surface area contributed by atoms with Crippen LogP contribution in [0.3, 0.4) is 0 Å². The summed E-state index contributed by atoms with van der Waals surface area (Å²) >= 11 is 0. The van der Waals surface area contributed by atoms with Crippen molar-refractivity contribution in [1.29, 1.82) is 0 Å². The molecule has 1 fully saturated rings. The molecule has 2 amide bonds. The van der Waals surface area contributed by atoms with Crippen molar-refractivity contribution in [2.45, 2.75) is 12.5 Å². The second-order valence-electron chi connectivity index (χ2n) is 5.84. The third-order valence-corrected chi connectivity index (χ3v) is 4.16. The Balaban J connectivity index is 1.35. The largest absolute Gasteiger partial charge is 0.477 e. The maximum absolute atomic E-state index is 12.5. The van der Waals surface area contributed by atoms with Gasteiger partial charge in [-0.2, -0.15) is 0 Å². The lowest BCUT2D eigenvalue weighted by atomic mass is 10.3. The van der Waals surface area contributed by atoms with Crippen LogP contribution in [0.1, 0.15) is 6.42 Å². The van der Waals surface area contributed by atoms with E-state index in [1.54, 1.807) is 23.1 Å². The molecule has 1 unspecified atom stereocenters. The Morgan fingerprint density at radius 1 is 1.23 bits per heavy atom. The molecular weight excluding hydrogens is 340 g/mol. The summed E-state index contributed by atoms with van der Waals surface area (Å²) in [5.74, 6) is 1.96. The van der Waals surface area contributed by atoms with Crippen LogP contribution in [0.5, 0.6) is 23.3 Å². The third kappa shape index (κ3) is 3.28. The third-order valence-electron chi connectivity index (χ3n) is 4.16. The van der Waals surface area contributed by atoms with Gasteiger partial charge in [0.15, 0.2) is 11.5 Å². The molecule has 0 spiro atoms. The summed E-state index contributed by atoms with van der Waals surface area (Å²) in [6, 6.07) is 5.10. The van der Waals surface area contributed by atoms with Gasteiger partial charge in [0, 0.05) is 37.1 Å². The molecule has 0 saturated carbocycles. The predicted molar refractivity (Wildman–Crippen MR) is 90.8 cm³/mol. The van der Waals surface area contributed by atoms with E-state index < -0.39 is 0 Å². The van der Waals surface area contributed by atoms with E-state index >= 15 is 0 Å². The Labute approximate surface area is 149 Å². The van der Waals surface area contributed by atoms with Crippen LogP contribution in [0.25, 0.3) is 0 Å². The second-order valence-corrected chi connectivity index (χ2v) is 5.84. The maximum atomic E-state index is 12.5. The van der Waals surface area contributed by atoms with E-state index in [0.29, 0.717) is 48.5 Å². The molecule has 1 aromatic carbocycles. The highest BCUT2D eigenvalue weighted by Gasteiger charge is 2.29. The summed E-state index contributed by atoms with van der Waals surface area (Å²) in [5, 5.41) is 2.86. The number of fused-ring (bicyclic) bond motifs is 1. The van der Waals surface area contributed by atoms with Crippen molar-refractivity contribution in [1.82, 2.24) is 14.9 Å². The Bertz CT molecular complexity index is 815. The molecule has 0 bridgehead atoms. The van der Waals surface area contributed by atoms with Gasteiger partial charge in [-0.05, 0) is 12.1 Å². The quantitative estimate of drug-likeness (QED) is 0.892. The van der Waals surface area contributed by atoms with Gasteiger partial charge in [-0.3, -0.25) is 0 Å². The van der Waals surface area contributed by atoms with Gasteiger partial charge in [-0.25, -0.2) is 14.8 Å². The van der Waals surface area contributed by atoms with Gasteiger partial charge in [0.1, 0.15) is 6.10 Å². The second kappa shape index (κ2) is 6.95. The molecule has 3 heterocycles. The highest BCUT2D eigenvalue weighted by Crippen LogP contribution is 2.34. The zero-order valence-corrected chi connectivity index (χ0v) is 14.2. The number of hydrogen-bond acceptors (Lipinski definition) is 7. The number of methoxy groups -OCH3 is 1. The van der Waals surface area contributed by atoms with E-state index in [1.807, 2.05) is 0 Å². The summed E-state index contributed by atoms with van der Waals surface area (Å²) in [7, 11) is 1.51. The fourth-order valence-electron chi connectivity index (χ4n) is 2.88. The number of urea groups is 1. The lowest BCUT2D eigenvalue weighted by Gasteiger charge is -2.18. The van der Waals surface area contributed by atoms with Crippen molar-refractivity contribution >= 4 is 11.7 Å². The first-order valence-electron chi connectivity index (χ1n) is 8.20. The van der Waals surface area contributed by atoms with Gasteiger partial charge < -0.3 is 29.2 Å². The molecule has 2 aliphatic rings. The zero-order valence-electron chi connectivity index (χ0n) is 14.2. The Kier molecular flexibility index (Phi) is 4.34. The van der Waals surface area contributed by atoms with Gasteiger partial charge in [-0.15, -0.1) is 0 Å². The van der Waals surface area contributed by atoms with Crippen molar-refractivity contribution < 1.29 is 23.7 Å². The Hall–Kier alpha value is -3.23. The molecular formula is C17H18N4O5. The highest BCUT2D eigenvalue weighted by atomic mass is 16.7. The van der Waals surface area contributed by atoms with Crippen molar-refractivity contribution in [3.8, 4) is 23.3 Å². The lowest BCUT2D eigenvalue weighted by Crippen LogP contribution is -2.34. The van der Waals surface area contributed by atoms with Gasteiger partial charge in [0.25, 0.3) is 11.8 Å². The first kappa shape index (κ1) is 16.2. The van der Waals surface area contributed by atoms with Crippen molar-refractivity contribution in [3.05, 3.63) is 30.6 Å². The smallest absolute Gasteiger partial charge is 0.321 e. The van der Waals surface area contributed by atoms with Crippen LogP contribution in [0, 0.1) is 0 Å². The number of carbonyl (C=O) groups is 1. The zero-order chi connectivity index (χ0) is 17.9. The fraction of sp³-hybridized carbons (Fsp3) is 0.353. The van der Waals surface area contributed by atoms with Gasteiger partial charge in [0.05, 0.1) is 13.7 Å².